The van der Waals surface area contributed by atoms with Crippen LogP contribution in [0.2, 0.25) is 0 Å². The van der Waals surface area contributed by atoms with Crippen LogP contribution in [0, 0.1) is 6.92 Å². The summed E-state index contributed by atoms with van der Waals surface area (Å²) in [6.45, 7) is 9.93. The van der Waals surface area contributed by atoms with E-state index in [1.54, 1.807) is 0 Å². The van der Waals surface area contributed by atoms with Crippen molar-refractivity contribution >= 4 is 5.91 Å². The first-order chi connectivity index (χ1) is 18.2. The number of primary amides is 1. The lowest BCUT2D eigenvalue weighted by Crippen LogP contribution is -2.33. The third kappa shape index (κ3) is 7.86. The number of benzene rings is 2. The largest absolute Gasteiger partial charge is 0.490 e. The Morgan fingerprint density at radius 3 is 2.53 bits per heavy atom. The van der Waals surface area contributed by atoms with E-state index in [-0.39, 0.29) is 13.0 Å². The standard InChI is InChI=1S/C29H40N4O5/c1-5-8-9-31-16-20-11-19(6-2)12-23(13-20)29-32-28(33-38-29)22-10-18(4)26(21(7-3)14-22)37-17-24(34)15-25(35)27(30)36/h10-14,24-25,31,34-35H,5-9,15-17H2,1-4H3,(H2,30,36)/t24-,25?/m0/s1. The second-order valence-corrected chi connectivity index (χ2v) is 9.60. The normalized spacial score (nSPS) is 12.9. The summed E-state index contributed by atoms with van der Waals surface area (Å²) in [6, 6.07) is 10.3. The Kier molecular flexibility index (Phi) is 10.8. The molecule has 2 aromatic carbocycles. The Bertz CT molecular complexity index is 1210. The van der Waals surface area contributed by atoms with Crippen molar-refractivity contribution in [2.45, 2.75) is 78.6 Å². The minimum atomic E-state index is -1.42. The molecule has 5 N–H and O–H groups in total. The lowest BCUT2D eigenvalue weighted by atomic mass is 10.0. The topological polar surface area (TPSA) is 144 Å². The summed E-state index contributed by atoms with van der Waals surface area (Å²) in [6.07, 6.45) is 1.26. The van der Waals surface area contributed by atoms with Crippen molar-refractivity contribution in [1.82, 2.24) is 15.5 Å². The molecule has 206 valence electrons. The van der Waals surface area contributed by atoms with Crippen LogP contribution in [0.15, 0.2) is 34.9 Å². The summed E-state index contributed by atoms with van der Waals surface area (Å²) in [5.74, 6) is 0.721. The Labute approximate surface area is 224 Å². The number of carbonyl (C=O) groups is 1. The van der Waals surface area contributed by atoms with E-state index in [2.05, 4.69) is 42.5 Å². The van der Waals surface area contributed by atoms with Gasteiger partial charge in [0.05, 0.1) is 6.10 Å². The van der Waals surface area contributed by atoms with Crippen LogP contribution < -0.4 is 15.8 Å². The van der Waals surface area contributed by atoms with Gasteiger partial charge in [0.2, 0.25) is 11.7 Å². The number of carbonyl (C=O) groups excluding carboxylic acids is 1. The molecule has 0 aliphatic heterocycles. The number of unbranched alkanes of at least 4 members (excludes halogenated alkanes) is 1. The van der Waals surface area contributed by atoms with Gasteiger partial charge in [-0.15, -0.1) is 0 Å². The summed E-state index contributed by atoms with van der Waals surface area (Å²) in [7, 11) is 0. The van der Waals surface area contributed by atoms with Gasteiger partial charge >= 0.3 is 0 Å². The molecule has 3 rings (SSSR count). The summed E-state index contributed by atoms with van der Waals surface area (Å²) >= 11 is 0. The third-order valence-corrected chi connectivity index (χ3v) is 6.40. The molecule has 3 aromatic rings. The highest BCUT2D eigenvalue weighted by molar-refractivity contribution is 5.78. The highest BCUT2D eigenvalue weighted by Crippen LogP contribution is 2.32. The molecule has 0 saturated carbocycles. The minimum absolute atomic E-state index is 0.0761. The first-order valence-corrected chi connectivity index (χ1v) is 13.3. The van der Waals surface area contributed by atoms with Gasteiger partial charge in [-0.05, 0) is 79.3 Å². The number of nitrogens with two attached hydrogens (primary N) is 1. The fraction of sp³-hybridized carbons (Fsp3) is 0.483. The van der Waals surface area contributed by atoms with Crippen molar-refractivity contribution in [1.29, 1.82) is 0 Å². The molecule has 1 heterocycles. The number of aromatic nitrogens is 2. The highest BCUT2D eigenvalue weighted by atomic mass is 16.5. The number of rotatable bonds is 15. The Balaban J connectivity index is 1.79. The predicted octanol–water partition coefficient (Wildman–Crippen LogP) is 3.70. The van der Waals surface area contributed by atoms with Gasteiger partial charge in [0, 0.05) is 24.1 Å². The number of hydrogen-bond donors (Lipinski definition) is 4. The summed E-state index contributed by atoms with van der Waals surface area (Å²) < 4.78 is 11.5. The van der Waals surface area contributed by atoms with Gasteiger partial charge in [-0.1, -0.05) is 38.4 Å². The number of aliphatic hydroxyl groups excluding tert-OH is 2. The van der Waals surface area contributed by atoms with E-state index >= 15 is 0 Å². The number of aliphatic hydroxyl groups is 2. The molecule has 9 nitrogen and oxygen atoms in total. The lowest BCUT2D eigenvalue weighted by molar-refractivity contribution is -0.127. The fourth-order valence-electron chi connectivity index (χ4n) is 4.25. The molecule has 0 bridgehead atoms. The molecule has 0 spiro atoms. The van der Waals surface area contributed by atoms with Crippen LogP contribution >= 0.6 is 0 Å². The first kappa shape index (κ1) is 29.3. The number of nitrogens with zero attached hydrogens (tertiary/aromatic N) is 2. The fourth-order valence-corrected chi connectivity index (χ4v) is 4.25. The van der Waals surface area contributed by atoms with Gasteiger partial charge in [0.15, 0.2) is 0 Å². The molecule has 0 aliphatic carbocycles. The van der Waals surface area contributed by atoms with Crippen LogP contribution in [0.1, 0.15) is 62.3 Å². The summed E-state index contributed by atoms with van der Waals surface area (Å²) in [5, 5.41) is 27.5. The second-order valence-electron chi connectivity index (χ2n) is 9.60. The SMILES string of the molecule is CCCCNCc1cc(CC)cc(-c2nc(-c3cc(C)c(OC[C@@H](O)CC(O)C(N)=O)c(CC)c3)no2)c1. The molecule has 0 radical (unpaired) electrons. The van der Waals surface area contributed by atoms with Gasteiger partial charge in [-0.3, -0.25) is 4.79 Å². The molecule has 9 heteroatoms. The van der Waals surface area contributed by atoms with Crippen molar-refractivity contribution in [3.05, 3.63) is 52.6 Å². The number of amides is 1. The van der Waals surface area contributed by atoms with Crippen LogP contribution in [0.25, 0.3) is 22.8 Å². The Morgan fingerprint density at radius 1 is 1.08 bits per heavy atom. The second kappa shape index (κ2) is 14.0. The molecular weight excluding hydrogens is 484 g/mol. The number of nitrogens with one attached hydrogen (secondary N) is 1. The third-order valence-electron chi connectivity index (χ3n) is 6.40. The average molecular weight is 525 g/mol. The quantitative estimate of drug-likeness (QED) is 0.220. The van der Waals surface area contributed by atoms with Gasteiger partial charge in [-0.2, -0.15) is 4.98 Å². The van der Waals surface area contributed by atoms with Crippen LogP contribution in [0.5, 0.6) is 5.75 Å². The zero-order valence-corrected chi connectivity index (χ0v) is 22.8. The Hall–Kier alpha value is -3.27. The molecule has 1 unspecified atom stereocenters. The zero-order valence-electron chi connectivity index (χ0n) is 22.8. The van der Waals surface area contributed by atoms with Crippen molar-refractivity contribution in [2.75, 3.05) is 13.2 Å². The smallest absolute Gasteiger partial charge is 0.258 e. The predicted molar refractivity (Wildman–Crippen MR) is 147 cm³/mol. The maximum absolute atomic E-state index is 11.0. The van der Waals surface area contributed by atoms with Gasteiger partial charge in [-0.25, -0.2) is 0 Å². The van der Waals surface area contributed by atoms with Gasteiger partial charge < -0.3 is 30.5 Å². The number of ether oxygens (including phenoxy) is 1. The molecule has 1 amide bonds. The monoisotopic (exact) mass is 524 g/mol. The molecule has 1 aromatic heterocycles. The lowest BCUT2D eigenvalue weighted by Gasteiger charge is -2.18. The number of aryl methyl sites for hydroxylation is 3. The maximum Gasteiger partial charge on any atom is 0.258 e. The molecular formula is C29H40N4O5. The minimum Gasteiger partial charge on any atom is -0.490 e. The van der Waals surface area contributed by atoms with Crippen LogP contribution in [-0.4, -0.2) is 51.6 Å². The van der Waals surface area contributed by atoms with Crippen molar-refractivity contribution in [3.63, 3.8) is 0 Å². The van der Waals surface area contributed by atoms with E-state index < -0.39 is 18.1 Å². The van der Waals surface area contributed by atoms with Crippen LogP contribution in [-0.2, 0) is 24.2 Å². The Morgan fingerprint density at radius 2 is 1.84 bits per heavy atom. The molecule has 0 aliphatic rings. The van der Waals surface area contributed by atoms with Crippen molar-refractivity contribution in [2.24, 2.45) is 5.73 Å². The van der Waals surface area contributed by atoms with Crippen molar-refractivity contribution < 1.29 is 24.3 Å². The van der Waals surface area contributed by atoms with Crippen molar-refractivity contribution in [3.8, 4) is 28.6 Å². The molecule has 0 saturated heterocycles. The van der Waals surface area contributed by atoms with E-state index in [0.717, 1.165) is 54.6 Å². The summed E-state index contributed by atoms with van der Waals surface area (Å²) in [5.41, 5.74) is 10.9. The van der Waals surface area contributed by atoms with Crippen LogP contribution in [0.3, 0.4) is 0 Å². The van der Waals surface area contributed by atoms with E-state index in [9.17, 15) is 15.0 Å². The molecule has 0 fully saturated rings. The first-order valence-electron chi connectivity index (χ1n) is 13.3. The van der Waals surface area contributed by atoms with Crippen LogP contribution in [0.4, 0.5) is 0 Å². The molecule has 38 heavy (non-hydrogen) atoms. The highest BCUT2D eigenvalue weighted by Gasteiger charge is 2.19. The van der Waals surface area contributed by atoms with E-state index in [1.165, 1.54) is 11.1 Å². The molecule has 2 atom stereocenters. The van der Waals surface area contributed by atoms with E-state index in [0.29, 0.717) is 23.9 Å². The van der Waals surface area contributed by atoms with Gasteiger partial charge in [0.1, 0.15) is 18.5 Å². The van der Waals surface area contributed by atoms with Gasteiger partial charge in [0.25, 0.3) is 5.89 Å². The average Bonchev–Trinajstić information content (AvgIpc) is 3.40. The zero-order chi connectivity index (χ0) is 27.7. The van der Waals surface area contributed by atoms with E-state index in [1.807, 2.05) is 26.0 Å². The maximum atomic E-state index is 11.0. The van der Waals surface area contributed by atoms with E-state index in [4.69, 9.17) is 20.0 Å². The number of hydrogen-bond acceptors (Lipinski definition) is 8. The summed E-state index contributed by atoms with van der Waals surface area (Å²) in [4.78, 5) is 15.7.